The van der Waals surface area contributed by atoms with Crippen LogP contribution in [0.1, 0.15) is 11.1 Å². The van der Waals surface area contributed by atoms with Crippen LogP contribution in [0.5, 0.6) is 0 Å². The molecule has 1 atom stereocenters. The van der Waals surface area contributed by atoms with Gasteiger partial charge in [0.25, 0.3) is 5.24 Å². The lowest BCUT2D eigenvalue weighted by Gasteiger charge is -2.14. The normalized spacial score (nSPS) is 19.5. The Morgan fingerprint density at radius 1 is 1.50 bits per heavy atom. The lowest BCUT2D eigenvalue weighted by molar-refractivity contribution is 0.260. The number of nitrogens with two attached hydrogens (primary N) is 1. The molecule has 0 bridgehead atoms. The van der Waals surface area contributed by atoms with Crippen LogP contribution >= 0.6 is 10.9 Å². The number of hydrazine groups is 1. The molecule has 4 nitrogen and oxygen atoms in total. The van der Waals surface area contributed by atoms with Gasteiger partial charge in [0.1, 0.15) is 0 Å². The summed E-state index contributed by atoms with van der Waals surface area (Å²) in [5, 5.41) is 4.96. The third-order valence-electron chi connectivity index (χ3n) is 2.53. The summed E-state index contributed by atoms with van der Waals surface area (Å²) < 4.78 is 0. The Bertz CT molecular complexity index is 445. The van der Waals surface area contributed by atoms with E-state index in [9.17, 15) is 4.79 Å². The number of amides is 1. The molecule has 1 aliphatic rings. The summed E-state index contributed by atoms with van der Waals surface area (Å²) >= 11 is 0. The Hall–Kier alpha value is -1.30. The number of carbonyl (C=O) groups excluding carboxylic acids is 1. The minimum Gasteiger partial charge on any atom is -0.316 e. The SMILES string of the molecule is CNCc1cccc2c1C=C[SH]2C(=O)NN. The molecule has 0 aliphatic carbocycles. The maximum atomic E-state index is 11.6. The quantitative estimate of drug-likeness (QED) is 0.271. The van der Waals surface area contributed by atoms with Crippen molar-refractivity contribution in [3.8, 4) is 0 Å². The van der Waals surface area contributed by atoms with Crippen molar-refractivity contribution in [1.29, 1.82) is 0 Å². The summed E-state index contributed by atoms with van der Waals surface area (Å²) in [5.41, 5.74) is 4.60. The van der Waals surface area contributed by atoms with E-state index >= 15 is 0 Å². The summed E-state index contributed by atoms with van der Waals surface area (Å²) in [6, 6.07) is 6.05. The molecular weight excluding hydrogens is 222 g/mol. The van der Waals surface area contributed by atoms with Crippen LogP contribution in [0.3, 0.4) is 0 Å². The number of hydrogen-bond acceptors (Lipinski definition) is 3. The molecule has 0 spiro atoms. The van der Waals surface area contributed by atoms with E-state index in [1.165, 1.54) is 5.56 Å². The zero-order valence-electron chi connectivity index (χ0n) is 9.03. The molecule has 1 aromatic rings. The molecule has 2 rings (SSSR count). The number of nitrogens with one attached hydrogen (secondary N) is 2. The minimum absolute atomic E-state index is 0.105. The Labute approximate surface area is 97.2 Å². The summed E-state index contributed by atoms with van der Waals surface area (Å²) in [6.07, 6.45) is 2.02. The van der Waals surface area contributed by atoms with Crippen LogP contribution in [-0.2, 0) is 6.54 Å². The first kappa shape index (κ1) is 11.2. The van der Waals surface area contributed by atoms with Crippen LogP contribution in [-0.4, -0.2) is 12.3 Å². The van der Waals surface area contributed by atoms with Crippen molar-refractivity contribution in [3.63, 3.8) is 0 Å². The summed E-state index contributed by atoms with van der Waals surface area (Å²) in [7, 11) is 0.978. The standard InChI is InChI=1S/C11H15N3OS/c1-13-7-8-3-2-4-10-9(8)5-6-16(10)11(15)14-12/h2-6,13,16H,7,12H2,1H3,(H,14,15). The van der Waals surface area contributed by atoms with E-state index in [1.54, 1.807) is 0 Å². The lowest BCUT2D eigenvalue weighted by Crippen LogP contribution is -2.27. The average Bonchev–Trinajstić information content (AvgIpc) is 2.73. The van der Waals surface area contributed by atoms with E-state index in [2.05, 4.69) is 16.8 Å². The van der Waals surface area contributed by atoms with E-state index in [0.717, 1.165) is 17.0 Å². The predicted molar refractivity (Wildman–Crippen MR) is 68.2 cm³/mol. The summed E-state index contributed by atoms with van der Waals surface area (Å²) in [4.78, 5) is 12.7. The van der Waals surface area contributed by atoms with E-state index in [4.69, 9.17) is 5.84 Å². The second kappa shape index (κ2) is 4.69. The molecule has 5 heteroatoms. The topological polar surface area (TPSA) is 67.2 Å². The van der Waals surface area contributed by atoms with Crippen LogP contribution in [0.2, 0.25) is 0 Å². The van der Waals surface area contributed by atoms with E-state index in [-0.39, 0.29) is 5.24 Å². The van der Waals surface area contributed by atoms with Crippen molar-refractivity contribution in [2.45, 2.75) is 11.4 Å². The van der Waals surface area contributed by atoms with Gasteiger partial charge in [0.05, 0.1) is 0 Å². The van der Waals surface area contributed by atoms with Crippen molar-refractivity contribution in [3.05, 3.63) is 34.7 Å². The van der Waals surface area contributed by atoms with Crippen LogP contribution in [0, 0.1) is 0 Å². The molecule has 0 radical (unpaired) electrons. The maximum Gasteiger partial charge on any atom is 0.280 e. The van der Waals surface area contributed by atoms with E-state index in [1.807, 2.05) is 30.7 Å². The number of fused-ring (bicyclic) bond motifs is 1. The van der Waals surface area contributed by atoms with Crippen molar-refractivity contribution in [1.82, 2.24) is 10.7 Å². The molecule has 0 fully saturated rings. The van der Waals surface area contributed by atoms with E-state index in [0.29, 0.717) is 0 Å². The molecule has 1 aliphatic heterocycles. The van der Waals surface area contributed by atoms with Crippen LogP contribution in [0.25, 0.3) is 6.08 Å². The average molecular weight is 237 g/mol. The fraction of sp³-hybridized carbons (Fsp3) is 0.182. The highest BCUT2D eigenvalue weighted by Crippen LogP contribution is 2.47. The van der Waals surface area contributed by atoms with Crippen molar-refractivity contribution >= 4 is 22.2 Å². The van der Waals surface area contributed by atoms with Gasteiger partial charge in [-0.1, -0.05) is 12.1 Å². The number of rotatable bonds is 2. The molecular formula is C11H15N3OS. The molecule has 0 aromatic heterocycles. The van der Waals surface area contributed by atoms with Gasteiger partial charge in [-0.3, -0.25) is 10.2 Å². The predicted octanol–water partition coefficient (Wildman–Crippen LogP) is 1.33. The zero-order chi connectivity index (χ0) is 11.5. The lowest BCUT2D eigenvalue weighted by atomic mass is 10.1. The Kier molecular flexibility index (Phi) is 3.28. The van der Waals surface area contributed by atoms with E-state index < -0.39 is 10.9 Å². The van der Waals surface area contributed by atoms with Gasteiger partial charge >= 0.3 is 0 Å². The molecule has 1 aromatic carbocycles. The number of carbonyl (C=O) groups is 1. The molecule has 16 heavy (non-hydrogen) atoms. The van der Waals surface area contributed by atoms with Gasteiger partial charge < -0.3 is 5.32 Å². The first-order valence-corrected chi connectivity index (χ1v) is 6.43. The van der Waals surface area contributed by atoms with Crippen LogP contribution in [0.15, 0.2) is 28.5 Å². The minimum atomic E-state index is -0.933. The third-order valence-corrected chi connectivity index (χ3v) is 4.46. The molecule has 1 unspecified atom stereocenters. The van der Waals surface area contributed by atoms with Crippen molar-refractivity contribution < 1.29 is 4.79 Å². The Morgan fingerprint density at radius 3 is 3.00 bits per heavy atom. The molecule has 86 valence electrons. The van der Waals surface area contributed by atoms with Gasteiger partial charge in [0, 0.05) is 11.4 Å². The van der Waals surface area contributed by atoms with Gasteiger partial charge in [-0.05, 0) is 35.7 Å². The molecule has 4 N–H and O–H groups in total. The van der Waals surface area contributed by atoms with Gasteiger partial charge in [-0.15, -0.1) is 10.9 Å². The molecule has 0 saturated carbocycles. The maximum absolute atomic E-state index is 11.6. The summed E-state index contributed by atoms with van der Waals surface area (Å²) in [5.74, 6) is 5.18. The van der Waals surface area contributed by atoms with Crippen molar-refractivity contribution in [2.75, 3.05) is 7.05 Å². The second-order valence-electron chi connectivity index (χ2n) is 3.52. The third kappa shape index (κ3) is 1.84. The number of thiol groups is 1. The summed E-state index contributed by atoms with van der Waals surface area (Å²) in [6.45, 7) is 0.806. The fourth-order valence-electron chi connectivity index (χ4n) is 1.82. The van der Waals surface area contributed by atoms with Crippen molar-refractivity contribution in [2.24, 2.45) is 5.84 Å². The highest BCUT2D eigenvalue weighted by atomic mass is 32.2. The monoisotopic (exact) mass is 237 g/mol. The first-order valence-electron chi connectivity index (χ1n) is 5.02. The van der Waals surface area contributed by atoms with Gasteiger partial charge in [-0.25, -0.2) is 5.84 Å². The largest absolute Gasteiger partial charge is 0.316 e. The van der Waals surface area contributed by atoms with Gasteiger partial charge in [-0.2, -0.15) is 0 Å². The second-order valence-corrected chi connectivity index (χ2v) is 5.44. The highest BCUT2D eigenvalue weighted by Gasteiger charge is 2.21. The Morgan fingerprint density at radius 2 is 2.31 bits per heavy atom. The molecule has 1 heterocycles. The molecule has 1 amide bonds. The van der Waals surface area contributed by atoms with Gasteiger partial charge in [0.15, 0.2) is 0 Å². The first-order chi connectivity index (χ1) is 7.77. The number of hydrogen-bond donors (Lipinski definition) is 4. The highest BCUT2D eigenvalue weighted by molar-refractivity contribution is 8.32. The van der Waals surface area contributed by atoms with Crippen LogP contribution < -0.4 is 16.6 Å². The number of benzene rings is 1. The fourth-order valence-corrected chi connectivity index (χ4v) is 3.50. The zero-order valence-corrected chi connectivity index (χ0v) is 9.92. The smallest absolute Gasteiger partial charge is 0.280 e. The Balaban J connectivity index is 2.38. The van der Waals surface area contributed by atoms with Crippen LogP contribution in [0.4, 0.5) is 4.79 Å². The molecule has 0 saturated heterocycles. The van der Waals surface area contributed by atoms with Gasteiger partial charge in [0.2, 0.25) is 0 Å².